The molecular formula is C21H31N3O. The van der Waals surface area contributed by atoms with Crippen LogP contribution in [0.3, 0.4) is 0 Å². The summed E-state index contributed by atoms with van der Waals surface area (Å²) in [5.41, 5.74) is 1.08. The zero-order valence-corrected chi connectivity index (χ0v) is 15.5. The summed E-state index contributed by atoms with van der Waals surface area (Å²) in [5.74, 6) is 2.98. The molecule has 6 rings (SSSR count). The summed E-state index contributed by atoms with van der Waals surface area (Å²) in [5, 5.41) is 4.68. The van der Waals surface area contributed by atoms with Crippen molar-refractivity contribution in [2.24, 2.45) is 30.2 Å². The van der Waals surface area contributed by atoms with Crippen LogP contribution in [0, 0.1) is 23.2 Å². The molecule has 4 bridgehead atoms. The molecule has 4 heteroatoms. The van der Waals surface area contributed by atoms with Crippen LogP contribution in [0.25, 0.3) is 0 Å². The highest BCUT2D eigenvalue weighted by molar-refractivity contribution is 5.83. The molecule has 2 heterocycles. The van der Waals surface area contributed by atoms with Crippen molar-refractivity contribution in [3.05, 3.63) is 18.0 Å². The Balaban J connectivity index is 1.46. The minimum Gasteiger partial charge on any atom is -0.334 e. The Kier molecular flexibility index (Phi) is 3.72. The lowest BCUT2D eigenvalue weighted by Gasteiger charge is -2.57. The van der Waals surface area contributed by atoms with E-state index in [9.17, 15) is 4.79 Å². The lowest BCUT2D eigenvalue weighted by Crippen LogP contribution is -2.55. The van der Waals surface area contributed by atoms with Crippen LogP contribution in [-0.4, -0.2) is 27.1 Å². The second kappa shape index (κ2) is 5.85. The van der Waals surface area contributed by atoms with Gasteiger partial charge in [-0.1, -0.05) is 12.8 Å². The molecule has 4 saturated carbocycles. The fourth-order valence-electron chi connectivity index (χ4n) is 6.95. The predicted molar refractivity (Wildman–Crippen MR) is 96.7 cm³/mol. The van der Waals surface area contributed by atoms with Crippen LogP contribution < -0.4 is 0 Å². The van der Waals surface area contributed by atoms with E-state index in [0.29, 0.717) is 5.91 Å². The van der Waals surface area contributed by atoms with Gasteiger partial charge < -0.3 is 4.90 Å². The van der Waals surface area contributed by atoms with E-state index >= 15 is 0 Å². The van der Waals surface area contributed by atoms with Crippen molar-refractivity contribution in [2.45, 2.75) is 70.3 Å². The largest absolute Gasteiger partial charge is 0.334 e. The van der Waals surface area contributed by atoms with Crippen LogP contribution in [0.15, 0.2) is 12.3 Å². The summed E-state index contributed by atoms with van der Waals surface area (Å²) in [7, 11) is 1.98. The summed E-state index contributed by atoms with van der Waals surface area (Å²) in [6.07, 6.45) is 14.4. The molecule has 0 aromatic carbocycles. The van der Waals surface area contributed by atoms with Crippen molar-refractivity contribution < 1.29 is 4.79 Å². The highest BCUT2D eigenvalue weighted by Crippen LogP contribution is 2.61. The van der Waals surface area contributed by atoms with Gasteiger partial charge in [0.1, 0.15) is 0 Å². The molecule has 4 nitrogen and oxygen atoms in total. The van der Waals surface area contributed by atoms with Gasteiger partial charge in [-0.25, -0.2) is 0 Å². The van der Waals surface area contributed by atoms with E-state index < -0.39 is 0 Å². The first-order valence-electron chi connectivity index (χ1n) is 10.4. The van der Waals surface area contributed by atoms with Gasteiger partial charge >= 0.3 is 0 Å². The van der Waals surface area contributed by atoms with Gasteiger partial charge in [0, 0.05) is 19.8 Å². The Morgan fingerprint density at radius 2 is 1.76 bits per heavy atom. The molecule has 0 unspecified atom stereocenters. The average Bonchev–Trinajstić information content (AvgIpc) is 2.86. The number of hydrogen-bond acceptors (Lipinski definition) is 2. The number of carbonyl (C=O) groups is 1. The van der Waals surface area contributed by atoms with Gasteiger partial charge in [0.15, 0.2) is 0 Å². The fraction of sp³-hybridized carbons (Fsp3) is 0.810. The summed E-state index contributed by atoms with van der Waals surface area (Å²) in [6.45, 7) is 0.932. The van der Waals surface area contributed by atoms with E-state index in [1.807, 2.05) is 17.9 Å². The topological polar surface area (TPSA) is 38.1 Å². The third kappa shape index (κ3) is 2.63. The standard InChI is InChI=1S/C21H31N3O/c1-23-8-6-18(22-23)19-5-3-2-4-7-24(19)20(25)21-12-15-9-16(13-21)11-17(10-15)14-21/h6,8,15-17,19H,2-5,7,9-14H2,1H3/t15?,16?,17?,19-,21?/m0/s1. The molecule has 1 saturated heterocycles. The number of aryl methyl sites for hydroxylation is 1. The number of amides is 1. The number of hydrogen-bond donors (Lipinski definition) is 0. The predicted octanol–water partition coefficient (Wildman–Crippen LogP) is 4.08. The Labute approximate surface area is 151 Å². The van der Waals surface area contributed by atoms with Gasteiger partial charge in [-0.15, -0.1) is 0 Å². The van der Waals surface area contributed by atoms with E-state index in [2.05, 4.69) is 16.1 Å². The maximum atomic E-state index is 13.9. The smallest absolute Gasteiger partial charge is 0.229 e. The molecule has 5 fully saturated rings. The first kappa shape index (κ1) is 15.9. The van der Waals surface area contributed by atoms with Crippen molar-refractivity contribution in [1.29, 1.82) is 0 Å². The van der Waals surface area contributed by atoms with Gasteiger partial charge in [-0.2, -0.15) is 5.10 Å². The van der Waals surface area contributed by atoms with Crippen molar-refractivity contribution in [3.63, 3.8) is 0 Å². The van der Waals surface area contributed by atoms with Crippen LogP contribution in [0.4, 0.5) is 0 Å². The molecule has 136 valence electrons. The zero-order valence-electron chi connectivity index (χ0n) is 15.5. The Bertz CT molecular complexity index is 629. The number of rotatable bonds is 2. The highest BCUT2D eigenvalue weighted by Gasteiger charge is 2.56. The number of nitrogens with zero attached hydrogens (tertiary/aromatic N) is 3. The maximum absolute atomic E-state index is 13.9. The summed E-state index contributed by atoms with van der Waals surface area (Å²) in [4.78, 5) is 16.2. The highest BCUT2D eigenvalue weighted by atomic mass is 16.2. The molecule has 1 aromatic rings. The first-order chi connectivity index (χ1) is 12.1. The third-order valence-electron chi connectivity index (χ3n) is 7.58. The van der Waals surface area contributed by atoms with Gasteiger partial charge in [0.25, 0.3) is 0 Å². The molecule has 4 aliphatic carbocycles. The molecule has 0 N–H and O–H groups in total. The first-order valence-corrected chi connectivity index (χ1v) is 10.4. The SMILES string of the molecule is Cn1ccc([C@@H]2CCCCCN2C(=O)C23CC4CC(CC(C4)C2)C3)n1. The minimum atomic E-state index is -0.0217. The van der Waals surface area contributed by atoms with Crippen molar-refractivity contribution >= 4 is 5.91 Å². The molecule has 1 aliphatic heterocycles. The molecule has 0 radical (unpaired) electrons. The lowest BCUT2D eigenvalue weighted by atomic mass is 9.49. The minimum absolute atomic E-state index is 0.0217. The van der Waals surface area contributed by atoms with Crippen molar-refractivity contribution in [3.8, 4) is 0 Å². The Hall–Kier alpha value is -1.32. The fourth-order valence-corrected chi connectivity index (χ4v) is 6.95. The lowest BCUT2D eigenvalue weighted by molar-refractivity contribution is -0.160. The zero-order chi connectivity index (χ0) is 17.0. The van der Waals surface area contributed by atoms with E-state index in [-0.39, 0.29) is 11.5 Å². The van der Waals surface area contributed by atoms with E-state index in [0.717, 1.165) is 42.8 Å². The van der Waals surface area contributed by atoms with E-state index in [1.165, 1.54) is 51.4 Å². The van der Waals surface area contributed by atoms with Crippen LogP contribution in [0.5, 0.6) is 0 Å². The molecule has 1 atom stereocenters. The molecule has 25 heavy (non-hydrogen) atoms. The number of carbonyl (C=O) groups excluding carboxylic acids is 1. The third-order valence-corrected chi connectivity index (χ3v) is 7.58. The van der Waals surface area contributed by atoms with Crippen LogP contribution in [0.2, 0.25) is 0 Å². The van der Waals surface area contributed by atoms with Crippen LogP contribution in [0.1, 0.15) is 75.9 Å². The number of likely N-dealkylation sites (tertiary alicyclic amines) is 1. The van der Waals surface area contributed by atoms with Gasteiger partial charge in [-0.05, 0) is 75.2 Å². The molecular weight excluding hydrogens is 310 g/mol. The van der Waals surface area contributed by atoms with Crippen LogP contribution >= 0.6 is 0 Å². The van der Waals surface area contributed by atoms with E-state index in [4.69, 9.17) is 0 Å². The van der Waals surface area contributed by atoms with Gasteiger partial charge in [0.05, 0.1) is 17.2 Å². The normalized spacial score (nSPS) is 40.3. The summed E-state index contributed by atoms with van der Waals surface area (Å²) in [6, 6.07) is 2.32. The molecule has 0 spiro atoms. The molecule has 1 aromatic heterocycles. The monoisotopic (exact) mass is 341 g/mol. The maximum Gasteiger partial charge on any atom is 0.229 e. The number of aromatic nitrogens is 2. The average molecular weight is 341 g/mol. The second-order valence-corrected chi connectivity index (χ2v) is 9.48. The van der Waals surface area contributed by atoms with Crippen molar-refractivity contribution in [1.82, 2.24) is 14.7 Å². The molecule has 5 aliphatic rings. The van der Waals surface area contributed by atoms with Gasteiger partial charge in [-0.3, -0.25) is 9.48 Å². The Morgan fingerprint density at radius 3 is 2.36 bits per heavy atom. The van der Waals surface area contributed by atoms with Gasteiger partial charge in [0.2, 0.25) is 5.91 Å². The van der Waals surface area contributed by atoms with Crippen LogP contribution in [-0.2, 0) is 11.8 Å². The quantitative estimate of drug-likeness (QED) is 0.813. The summed E-state index contributed by atoms with van der Waals surface area (Å²) >= 11 is 0. The molecule has 1 amide bonds. The van der Waals surface area contributed by atoms with Crippen molar-refractivity contribution in [2.75, 3.05) is 6.54 Å². The summed E-state index contributed by atoms with van der Waals surface area (Å²) < 4.78 is 1.88. The second-order valence-electron chi connectivity index (χ2n) is 9.48. The Morgan fingerprint density at radius 1 is 1.08 bits per heavy atom. The van der Waals surface area contributed by atoms with E-state index in [1.54, 1.807) is 0 Å².